The maximum absolute atomic E-state index is 12.4. The van der Waals surface area contributed by atoms with Crippen molar-refractivity contribution in [1.29, 1.82) is 0 Å². The molecule has 0 amide bonds. The van der Waals surface area contributed by atoms with Crippen LogP contribution >= 0.6 is 15.9 Å². The summed E-state index contributed by atoms with van der Waals surface area (Å²) in [6, 6.07) is 11.8. The molecule has 0 atom stereocenters. The van der Waals surface area contributed by atoms with E-state index in [1.807, 2.05) is 18.3 Å². The van der Waals surface area contributed by atoms with E-state index in [9.17, 15) is 8.42 Å². The molecule has 0 aliphatic heterocycles. The zero-order chi connectivity index (χ0) is 15.7. The number of methoxy groups -OCH3 is 1. The fourth-order valence-corrected chi connectivity index (χ4v) is 3.91. The summed E-state index contributed by atoms with van der Waals surface area (Å²) in [7, 11) is -2.13. The van der Waals surface area contributed by atoms with Crippen LogP contribution in [-0.2, 0) is 10.0 Å². The van der Waals surface area contributed by atoms with Crippen molar-refractivity contribution >= 4 is 42.5 Å². The van der Waals surface area contributed by atoms with Crippen molar-refractivity contribution in [3.05, 3.63) is 53.1 Å². The van der Waals surface area contributed by atoms with Gasteiger partial charge in [-0.25, -0.2) is 8.42 Å². The number of anilines is 1. The number of aromatic amines is 1. The van der Waals surface area contributed by atoms with Crippen molar-refractivity contribution in [3.8, 4) is 5.75 Å². The number of sulfonamides is 1. The third-order valence-corrected chi connectivity index (χ3v) is 5.24. The highest BCUT2D eigenvalue weighted by Gasteiger charge is 2.16. The zero-order valence-corrected chi connectivity index (χ0v) is 14.0. The van der Waals surface area contributed by atoms with Gasteiger partial charge in [0.25, 0.3) is 10.0 Å². The number of rotatable bonds is 4. The Morgan fingerprint density at radius 3 is 2.68 bits per heavy atom. The second-order valence-corrected chi connectivity index (χ2v) is 7.22. The smallest absolute Gasteiger partial charge is 0.261 e. The molecule has 0 bridgehead atoms. The molecule has 114 valence electrons. The van der Waals surface area contributed by atoms with Crippen molar-refractivity contribution in [2.75, 3.05) is 11.8 Å². The molecular formula is C15H13BrN2O3S. The molecule has 3 aromatic rings. The lowest BCUT2D eigenvalue weighted by atomic mass is 10.2. The normalized spacial score (nSPS) is 11.5. The molecule has 5 nitrogen and oxygen atoms in total. The third kappa shape index (κ3) is 2.82. The molecule has 0 fully saturated rings. The number of H-pyrrole nitrogens is 1. The topological polar surface area (TPSA) is 71.2 Å². The van der Waals surface area contributed by atoms with Crippen molar-refractivity contribution in [2.45, 2.75) is 4.90 Å². The van der Waals surface area contributed by atoms with Gasteiger partial charge in [0.2, 0.25) is 0 Å². The van der Waals surface area contributed by atoms with E-state index >= 15 is 0 Å². The Morgan fingerprint density at radius 1 is 1.14 bits per heavy atom. The first-order chi connectivity index (χ1) is 10.5. The van der Waals surface area contributed by atoms with E-state index in [0.717, 1.165) is 10.9 Å². The number of halogens is 1. The lowest BCUT2D eigenvalue weighted by molar-refractivity contribution is 0.411. The number of aromatic nitrogens is 1. The minimum Gasteiger partial charge on any atom is -0.496 e. The molecule has 7 heteroatoms. The Morgan fingerprint density at radius 2 is 1.95 bits per heavy atom. The number of ether oxygens (including phenoxy) is 1. The SMILES string of the molecule is COc1ccc(S(=O)(=O)Nc2ccc3[nH]ccc3c2)cc1Br. The molecule has 1 aromatic heterocycles. The first-order valence-electron chi connectivity index (χ1n) is 6.43. The Bertz CT molecular complexity index is 935. The van der Waals surface area contributed by atoms with Gasteiger partial charge < -0.3 is 9.72 Å². The molecular weight excluding hydrogens is 368 g/mol. The maximum Gasteiger partial charge on any atom is 0.261 e. The summed E-state index contributed by atoms with van der Waals surface area (Å²) in [5, 5.41) is 0.941. The Kier molecular flexibility index (Phi) is 3.84. The minimum atomic E-state index is -3.66. The van der Waals surface area contributed by atoms with Crippen LogP contribution in [-0.4, -0.2) is 20.5 Å². The van der Waals surface area contributed by atoms with Gasteiger partial charge in [-0.1, -0.05) is 0 Å². The quantitative estimate of drug-likeness (QED) is 0.723. The van der Waals surface area contributed by atoms with E-state index in [0.29, 0.717) is 15.9 Å². The number of hydrogen-bond acceptors (Lipinski definition) is 3. The molecule has 22 heavy (non-hydrogen) atoms. The van der Waals surface area contributed by atoms with E-state index in [1.54, 1.807) is 18.2 Å². The first kappa shape index (κ1) is 14.9. The predicted octanol–water partition coefficient (Wildman–Crippen LogP) is 3.74. The summed E-state index contributed by atoms with van der Waals surface area (Å²) >= 11 is 3.29. The van der Waals surface area contributed by atoms with Gasteiger partial charge >= 0.3 is 0 Å². The molecule has 0 aliphatic carbocycles. The monoisotopic (exact) mass is 380 g/mol. The molecule has 1 heterocycles. The van der Waals surface area contributed by atoms with Gasteiger partial charge in [-0.05, 0) is 58.4 Å². The standard InChI is InChI=1S/C15H13BrN2O3S/c1-21-15-5-3-12(9-13(15)16)22(19,20)18-11-2-4-14-10(8-11)6-7-17-14/h2-9,17-18H,1H3. The van der Waals surface area contributed by atoms with Crippen molar-refractivity contribution in [3.63, 3.8) is 0 Å². The second kappa shape index (κ2) is 5.66. The number of fused-ring (bicyclic) bond motifs is 1. The van der Waals surface area contributed by atoms with Gasteiger partial charge in [-0.2, -0.15) is 0 Å². The summed E-state index contributed by atoms with van der Waals surface area (Å²) in [6.45, 7) is 0. The van der Waals surface area contributed by atoms with Crippen molar-refractivity contribution in [1.82, 2.24) is 4.98 Å². The number of nitrogens with one attached hydrogen (secondary N) is 2. The lowest BCUT2D eigenvalue weighted by Gasteiger charge is -2.10. The molecule has 0 radical (unpaired) electrons. The fraction of sp³-hybridized carbons (Fsp3) is 0.0667. The molecule has 0 spiro atoms. The van der Waals surface area contributed by atoms with Crippen LogP contribution in [0.2, 0.25) is 0 Å². The van der Waals surface area contributed by atoms with Crippen molar-refractivity contribution < 1.29 is 13.2 Å². The van der Waals surface area contributed by atoms with Crippen LogP contribution < -0.4 is 9.46 Å². The molecule has 0 aliphatic rings. The Labute approximate surface area is 136 Å². The van der Waals surface area contributed by atoms with Crippen LogP contribution in [0.3, 0.4) is 0 Å². The average molecular weight is 381 g/mol. The molecule has 0 saturated heterocycles. The predicted molar refractivity (Wildman–Crippen MR) is 89.8 cm³/mol. The molecule has 3 rings (SSSR count). The van der Waals surface area contributed by atoms with Gasteiger partial charge in [0, 0.05) is 22.8 Å². The van der Waals surface area contributed by atoms with Crippen LogP contribution in [0.25, 0.3) is 10.9 Å². The number of hydrogen-bond donors (Lipinski definition) is 2. The molecule has 2 N–H and O–H groups in total. The van der Waals surface area contributed by atoms with E-state index in [2.05, 4.69) is 25.6 Å². The van der Waals surface area contributed by atoms with Crippen LogP contribution in [0.4, 0.5) is 5.69 Å². The third-order valence-electron chi connectivity index (χ3n) is 3.24. The van der Waals surface area contributed by atoms with Crippen LogP contribution in [0, 0.1) is 0 Å². The maximum atomic E-state index is 12.4. The summed E-state index contributed by atoms with van der Waals surface area (Å²) in [6.07, 6.45) is 1.81. The van der Waals surface area contributed by atoms with Gasteiger partial charge in [0.1, 0.15) is 5.75 Å². The minimum absolute atomic E-state index is 0.161. The summed E-state index contributed by atoms with van der Waals surface area (Å²) in [5.74, 6) is 0.577. The highest BCUT2D eigenvalue weighted by Crippen LogP contribution is 2.28. The van der Waals surface area contributed by atoms with Crippen molar-refractivity contribution in [2.24, 2.45) is 0 Å². The van der Waals surface area contributed by atoms with Crippen LogP contribution in [0.5, 0.6) is 5.75 Å². The molecule has 0 unspecified atom stereocenters. The largest absolute Gasteiger partial charge is 0.496 e. The van der Waals surface area contributed by atoms with Gasteiger partial charge in [0.05, 0.1) is 16.5 Å². The summed E-state index contributed by atoms with van der Waals surface area (Å²) in [5.41, 5.74) is 1.47. The summed E-state index contributed by atoms with van der Waals surface area (Å²) in [4.78, 5) is 3.23. The van der Waals surface area contributed by atoms with Gasteiger partial charge in [-0.3, -0.25) is 4.72 Å². The van der Waals surface area contributed by atoms with Crippen LogP contribution in [0.15, 0.2) is 58.0 Å². The van der Waals surface area contributed by atoms with Gasteiger partial charge in [-0.15, -0.1) is 0 Å². The highest BCUT2D eigenvalue weighted by molar-refractivity contribution is 9.10. The highest BCUT2D eigenvalue weighted by atomic mass is 79.9. The zero-order valence-electron chi connectivity index (χ0n) is 11.6. The van der Waals surface area contributed by atoms with E-state index in [-0.39, 0.29) is 4.90 Å². The molecule has 0 saturated carbocycles. The first-order valence-corrected chi connectivity index (χ1v) is 8.71. The lowest BCUT2D eigenvalue weighted by Crippen LogP contribution is -2.12. The Hall–Kier alpha value is -1.99. The van der Waals surface area contributed by atoms with E-state index in [1.165, 1.54) is 19.2 Å². The summed E-state index contributed by atoms with van der Waals surface area (Å²) < 4.78 is 33.2. The van der Waals surface area contributed by atoms with Crippen LogP contribution in [0.1, 0.15) is 0 Å². The number of benzene rings is 2. The fourth-order valence-electron chi connectivity index (χ4n) is 2.15. The second-order valence-electron chi connectivity index (χ2n) is 4.68. The Balaban J connectivity index is 1.93. The average Bonchev–Trinajstić information content (AvgIpc) is 2.94. The van der Waals surface area contributed by atoms with E-state index in [4.69, 9.17) is 4.74 Å². The van der Waals surface area contributed by atoms with Gasteiger partial charge in [0.15, 0.2) is 0 Å². The molecule has 2 aromatic carbocycles. The van der Waals surface area contributed by atoms with E-state index < -0.39 is 10.0 Å².